The van der Waals surface area contributed by atoms with Crippen LogP contribution in [0, 0.1) is 12.7 Å². The van der Waals surface area contributed by atoms with Crippen LogP contribution in [0.25, 0.3) is 21.3 Å². The summed E-state index contributed by atoms with van der Waals surface area (Å²) in [4.78, 5) is 11.5. The molecular formula is C22H18ClFN2S2. The highest BCUT2D eigenvalue weighted by molar-refractivity contribution is 7.98. The molecule has 6 heteroatoms. The first-order valence-electron chi connectivity index (χ1n) is 8.98. The molecule has 0 atom stereocenters. The molecule has 2 heterocycles. The second-order valence-electron chi connectivity index (χ2n) is 6.51. The van der Waals surface area contributed by atoms with Gasteiger partial charge in [0, 0.05) is 16.2 Å². The second kappa shape index (κ2) is 8.19. The number of benzene rings is 2. The summed E-state index contributed by atoms with van der Waals surface area (Å²) < 4.78 is 13.1. The molecule has 0 amide bonds. The van der Waals surface area contributed by atoms with Gasteiger partial charge in [-0.05, 0) is 36.6 Å². The average Bonchev–Trinajstić information content (AvgIpc) is 3.07. The van der Waals surface area contributed by atoms with Crippen LogP contribution < -0.4 is 0 Å². The summed E-state index contributed by atoms with van der Waals surface area (Å²) in [5.41, 5.74) is 4.53. The lowest BCUT2D eigenvalue weighted by molar-refractivity contribution is 0.627. The van der Waals surface area contributed by atoms with E-state index in [4.69, 9.17) is 16.6 Å². The van der Waals surface area contributed by atoms with Crippen LogP contribution in [0.3, 0.4) is 0 Å². The van der Waals surface area contributed by atoms with Crippen molar-refractivity contribution in [2.24, 2.45) is 0 Å². The summed E-state index contributed by atoms with van der Waals surface area (Å²) in [5.74, 6) is 0.433. The molecule has 4 rings (SSSR count). The Hall–Kier alpha value is -1.95. The largest absolute Gasteiger partial charge is 0.211 e. The standard InChI is InChI=1S/C22H18ClFN2S2/c1-3-17-18(15-8-4-13(2)5-9-15)19-20(23)25-22(26-21(19)28-17)27-12-14-6-10-16(24)11-7-14/h4-11H,3,12H2,1-2H3. The molecule has 0 radical (unpaired) electrons. The molecule has 0 spiro atoms. The molecule has 0 aliphatic carbocycles. The van der Waals surface area contributed by atoms with Gasteiger partial charge in [-0.15, -0.1) is 11.3 Å². The van der Waals surface area contributed by atoms with Crippen molar-refractivity contribution in [2.75, 3.05) is 0 Å². The van der Waals surface area contributed by atoms with Gasteiger partial charge >= 0.3 is 0 Å². The van der Waals surface area contributed by atoms with Crippen molar-refractivity contribution in [1.82, 2.24) is 9.97 Å². The van der Waals surface area contributed by atoms with Crippen molar-refractivity contribution >= 4 is 44.9 Å². The second-order valence-corrected chi connectivity index (χ2v) is 8.90. The van der Waals surface area contributed by atoms with Gasteiger partial charge in [-0.1, -0.05) is 72.2 Å². The highest BCUT2D eigenvalue weighted by Crippen LogP contribution is 2.42. The number of hydrogen-bond donors (Lipinski definition) is 0. The molecule has 0 bridgehead atoms. The van der Waals surface area contributed by atoms with Gasteiger partial charge in [-0.3, -0.25) is 0 Å². The number of hydrogen-bond acceptors (Lipinski definition) is 4. The summed E-state index contributed by atoms with van der Waals surface area (Å²) >= 11 is 9.80. The first-order chi connectivity index (χ1) is 13.5. The third kappa shape index (κ3) is 3.93. The Morgan fingerprint density at radius 1 is 1.04 bits per heavy atom. The molecule has 0 aliphatic rings. The third-order valence-corrected chi connectivity index (χ3v) is 6.92. The zero-order chi connectivity index (χ0) is 19.7. The lowest BCUT2D eigenvalue weighted by Gasteiger charge is -2.06. The Kier molecular flexibility index (Phi) is 5.67. The number of nitrogens with zero attached hydrogens (tertiary/aromatic N) is 2. The number of fused-ring (bicyclic) bond motifs is 1. The smallest absolute Gasteiger partial charge is 0.190 e. The third-order valence-electron chi connectivity index (χ3n) is 4.50. The number of thioether (sulfide) groups is 1. The zero-order valence-electron chi connectivity index (χ0n) is 15.5. The van der Waals surface area contributed by atoms with E-state index in [1.54, 1.807) is 23.5 Å². The van der Waals surface area contributed by atoms with Crippen molar-refractivity contribution in [3.63, 3.8) is 0 Å². The van der Waals surface area contributed by atoms with Crippen LogP contribution in [0.4, 0.5) is 4.39 Å². The van der Waals surface area contributed by atoms with Crippen LogP contribution in [0.15, 0.2) is 53.7 Å². The minimum Gasteiger partial charge on any atom is -0.211 e. The normalized spacial score (nSPS) is 11.3. The molecule has 2 aromatic heterocycles. The van der Waals surface area contributed by atoms with Gasteiger partial charge in [0.2, 0.25) is 0 Å². The maximum Gasteiger partial charge on any atom is 0.190 e. The monoisotopic (exact) mass is 428 g/mol. The Bertz CT molecular complexity index is 1120. The van der Waals surface area contributed by atoms with Crippen LogP contribution in [-0.2, 0) is 12.2 Å². The summed E-state index contributed by atoms with van der Waals surface area (Å²) in [6.45, 7) is 4.23. The molecule has 0 unspecified atom stereocenters. The fourth-order valence-corrected chi connectivity index (χ4v) is 5.42. The Labute approximate surface area is 176 Å². The maximum absolute atomic E-state index is 13.1. The van der Waals surface area contributed by atoms with Gasteiger partial charge in [0.05, 0.1) is 5.39 Å². The van der Waals surface area contributed by atoms with Gasteiger partial charge in [-0.2, -0.15) is 0 Å². The van der Waals surface area contributed by atoms with E-state index in [0.717, 1.165) is 33.3 Å². The number of halogens is 2. The first kappa shape index (κ1) is 19.4. The van der Waals surface area contributed by atoms with Crippen molar-refractivity contribution in [3.8, 4) is 11.1 Å². The fourth-order valence-electron chi connectivity index (χ4n) is 3.05. The van der Waals surface area contributed by atoms with Crippen molar-refractivity contribution < 1.29 is 4.39 Å². The van der Waals surface area contributed by atoms with Gasteiger partial charge < -0.3 is 0 Å². The van der Waals surface area contributed by atoms with E-state index in [1.807, 2.05) is 0 Å². The molecule has 142 valence electrons. The minimum absolute atomic E-state index is 0.233. The molecule has 4 aromatic rings. The van der Waals surface area contributed by atoms with E-state index in [0.29, 0.717) is 16.1 Å². The van der Waals surface area contributed by atoms with Crippen LogP contribution in [0.1, 0.15) is 22.9 Å². The fraction of sp³-hybridized carbons (Fsp3) is 0.182. The lowest BCUT2D eigenvalue weighted by atomic mass is 10.0. The molecule has 2 nitrogen and oxygen atoms in total. The molecule has 0 saturated carbocycles. The van der Waals surface area contributed by atoms with Crippen LogP contribution >= 0.6 is 34.7 Å². The number of aryl methyl sites for hydroxylation is 2. The molecule has 0 aliphatic heterocycles. The van der Waals surface area contributed by atoms with Crippen molar-refractivity contribution in [2.45, 2.75) is 31.2 Å². The highest BCUT2D eigenvalue weighted by atomic mass is 35.5. The summed E-state index contributed by atoms with van der Waals surface area (Å²) in [6.07, 6.45) is 0.915. The Balaban J connectivity index is 1.71. The van der Waals surface area contributed by atoms with E-state index >= 15 is 0 Å². The molecule has 0 N–H and O–H groups in total. The van der Waals surface area contributed by atoms with E-state index in [9.17, 15) is 4.39 Å². The minimum atomic E-state index is -0.233. The average molecular weight is 429 g/mol. The topological polar surface area (TPSA) is 25.8 Å². The summed E-state index contributed by atoms with van der Waals surface area (Å²) in [6, 6.07) is 15.0. The molecular weight excluding hydrogens is 411 g/mol. The molecule has 2 aromatic carbocycles. The summed E-state index contributed by atoms with van der Waals surface area (Å²) in [7, 11) is 0. The van der Waals surface area contributed by atoms with Crippen molar-refractivity contribution in [1.29, 1.82) is 0 Å². The number of rotatable bonds is 5. The van der Waals surface area contributed by atoms with Crippen LogP contribution in [0.5, 0.6) is 0 Å². The molecule has 0 fully saturated rings. The Morgan fingerprint density at radius 2 is 1.75 bits per heavy atom. The zero-order valence-corrected chi connectivity index (χ0v) is 17.9. The maximum atomic E-state index is 13.1. The molecule has 0 saturated heterocycles. The highest BCUT2D eigenvalue weighted by Gasteiger charge is 2.19. The van der Waals surface area contributed by atoms with Crippen LogP contribution in [-0.4, -0.2) is 9.97 Å². The SMILES string of the molecule is CCc1sc2nc(SCc3ccc(F)cc3)nc(Cl)c2c1-c1ccc(C)cc1. The quantitative estimate of drug-likeness (QED) is 0.189. The Morgan fingerprint density at radius 3 is 2.43 bits per heavy atom. The van der Waals surface area contributed by atoms with Gasteiger partial charge in [-0.25, -0.2) is 14.4 Å². The lowest BCUT2D eigenvalue weighted by Crippen LogP contribution is -1.90. The van der Waals surface area contributed by atoms with E-state index in [2.05, 4.69) is 43.1 Å². The van der Waals surface area contributed by atoms with E-state index < -0.39 is 0 Å². The number of aromatic nitrogens is 2. The number of thiophene rings is 1. The van der Waals surface area contributed by atoms with Gasteiger partial charge in [0.1, 0.15) is 15.8 Å². The predicted molar refractivity (Wildman–Crippen MR) is 118 cm³/mol. The predicted octanol–water partition coefficient (Wildman–Crippen LogP) is 7.31. The van der Waals surface area contributed by atoms with Gasteiger partial charge in [0.15, 0.2) is 5.16 Å². The summed E-state index contributed by atoms with van der Waals surface area (Å²) in [5, 5.41) is 2.05. The van der Waals surface area contributed by atoms with Gasteiger partial charge in [0.25, 0.3) is 0 Å². The van der Waals surface area contributed by atoms with Crippen molar-refractivity contribution in [3.05, 3.63) is 75.5 Å². The van der Waals surface area contributed by atoms with Crippen LogP contribution in [0.2, 0.25) is 5.15 Å². The molecule has 28 heavy (non-hydrogen) atoms. The van der Waals surface area contributed by atoms with E-state index in [1.165, 1.54) is 34.3 Å². The van der Waals surface area contributed by atoms with E-state index in [-0.39, 0.29) is 5.82 Å². The first-order valence-corrected chi connectivity index (χ1v) is 11.2.